The third-order valence-electron chi connectivity index (χ3n) is 3.95. The van der Waals surface area contributed by atoms with Gasteiger partial charge in [-0.2, -0.15) is 5.26 Å². The van der Waals surface area contributed by atoms with E-state index in [2.05, 4.69) is 0 Å². The molecule has 2 rings (SSSR count). The van der Waals surface area contributed by atoms with Crippen molar-refractivity contribution in [3.63, 3.8) is 0 Å². The molecule has 6 heteroatoms. The van der Waals surface area contributed by atoms with Gasteiger partial charge in [-0.1, -0.05) is 48.5 Å². The van der Waals surface area contributed by atoms with E-state index in [-0.39, 0.29) is 31.9 Å². The molecule has 0 atom stereocenters. The summed E-state index contributed by atoms with van der Waals surface area (Å²) < 4.78 is 0. The number of carbonyl (C=O) groups excluding carboxylic acids is 1. The number of hydrogen-bond acceptors (Lipinski definition) is 5. The summed E-state index contributed by atoms with van der Waals surface area (Å²) >= 11 is 0. The van der Waals surface area contributed by atoms with Crippen molar-refractivity contribution in [2.75, 3.05) is 31.2 Å². The van der Waals surface area contributed by atoms with E-state index in [0.29, 0.717) is 6.54 Å². The number of anilines is 1. The van der Waals surface area contributed by atoms with Crippen LogP contribution in [0.5, 0.6) is 0 Å². The van der Waals surface area contributed by atoms with E-state index in [4.69, 9.17) is 10.2 Å². The zero-order valence-electron chi connectivity index (χ0n) is 15.0. The molecule has 0 spiro atoms. The van der Waals surface area contributed by atoms with Crippen molar-refractivity contribution >= 4 is 11.6 Å². The summed E-state index contributed by atoms with van der Waals surface area (Å²) in [6.07, 6.45) is 1.52. The van der Waals surface area contributed by atoms with Crippen molar-refractivity contribution in [3.05, 3.63) is 78.0 Å². The van der Waals surface area contributed by atoms with E-state index in [9.17, 15) is 10.1 Å². The lowest BCUT2D eigenvalue weighted by atomic mass is 10.2. The van der Waals surface area contributed by atoms with Crippen molar-refractivity contribution < 1.29 is 15.0 Å². The summed E-state index contributed by atoms with van der Waals surface area (Å²) in [5.41, 5.74) is 1.82. The highest BCUT2D eigenvalue weighted by Gasteiger charge is 2.19. The Morgan fingerprint density at radius 2 is 1.52 bits per heavy atom. The monoisotopic (exact) mass is 365 g/mol. The smallest absolute Gasteiger partial charge is 0.266 e. The van der Waals surface area contributed by atoms with Gasteiger partial charge < -0.3 is 20.0 Å². The van der Waals surface area contributed by atoms with Crippen LogP contribution >= 0.6 is 0 Å². The molecule has 2 N–H and O–H groups in total. The normalized spacial score (nSPS) is 10.9. The van der Waals surface area contributed by atoms with Crippen LogP contribution in [0.1, 0.15) is 5.56 Å². The number of para-hydroxylation sites is 1. The van der Waals surface area contributed by atoms with Crippen LogP contribution in [0, 0.1) is 11.3 Å². The topological polar surface area (TPSA) is 87.8 Å². The summed E-state index contributed by atoms with van der Waals surface area (Å²) in [4.78, 5) is 15.8. The summed E-state index contributed by atoms with van der Waals surface area (Å²) in [7, 11) is 0. The van der Waals surface area contributed by atoms with E-state index in [1.54, 1.807) is 0 Å². The van der Waals surface area contributed by atoms with Crippen LogP contribution in [-0.4, -0.2) is 47.3 Å². The summed E-state index contributed by atoms with van der Waals surface area (Å²) in [5, 5.41) is 27.8. The Hall–Kier alpha value is -3.14. The maximum atomic E-state index is 12.7. The van der Waals surface area contributed by atoms with Gasteiger partial charge in [0, 0.05) is 31.5 Å². The van der Waals surface area contributed by atoms with Crippen molar-refractivity contribution in [1.82, 2.24) is 4.90 Å². The number of aliphatic hydroxyl groups is 2. The maximum Gasteiger partial charge on any atom is 0.266 e. The molecule has 6 nitrogen and oxygen atoms in total. The largest absolute Gasteiger partial charge is 0.395 e. The second-order valence-electron chi connectivity index (χ2n) is 5.84. The average molecular weight is 365 g/mol. The third kappa shape index (κ3) is 5.96. The predicted octanol–water partition coefficient (Wildman–Crippen LogP) is 1.91. The first-order valence-electron chi connectivity index (χ1n) is 8.68. The SMILES string of the molecule is N#C/C(=C/N(Cc1ccccc1)c1ccccc1)C(=O)N(CCO)CCO. The molecule has 27 heavy (non-hydrogen) atoms. The van der Waals surface area contributed by atoms with Gasteiger partial charge >= 0.3 is 0 Å². The molecule has 2 aromatic rings. The Morgan fingerprint density at radius 3 is 2.04 bits per heavy atom. The van der Waals surface area contributed by atoms with Gasteiger partial charge in [0.15, 0.2) is 0 Å². The van der Waals surface area contributed by atoms with Gasteiger partial charge in [-0.3, -0.25) is 4.79 Å². The molecule has 0 saturated heterocycles. The number of nitriles is 1. The maximum absolute atomic E-state index is 12.7. The molecule has 0 saturated carbocycles. The van der Waals surface area contributed by atoms with E-state index in [1.165, 1.54) is 11.1 Å². The molecule has 0 radical (unpaired) electrons. The Labute approximate surface area is 159 Å². The second-order valence-corrected chi connectivity index (χ2v) is 5.84. The molecule has 0 aliphatic carbocycles. The third-order valence-corrected chi connectivity index (χ3v) is 3.95. The van der Waals surface area contributed by atoms with Gasteiger partial charge in [-0.15, -0.1) is 0 Å². The molecule has 0 fully saturated rings. The number of nitrogens with zero attached hydrogens (tertiary/aromatic N) is 3. The van der Waals surface area contributed by atoms with Crippen molar-refractivity contribution in [3.8, 4) is 6.07 Å². The lowest BCUT2D eigenvalue weighted by molar-refractivity contribution is -0.127. The van der Waals surface area contributed by atoms with E-state index >= 15 is 0 Å². The van der Waals surface area contributed by atoms with E-state index < -0.39 is 5.91 Å². The number of carbonyl (C=O) groups is 1. The van der Waals surface area contributed by atoms with Crippen molar-refractivity contribution in [2.45, 2.75) is 6.54 Å². The van der Waals surface area contributed by atoms with Gasteiger partial charge in [0.1, 0.15) is 11.6 Å². The molecule has 2 aromatic carbocycles. The van der Waals surface area contributed by atoms with Crippen LogP contribution in [0.4, 0.5) is 5.69 Å². The molecule has 0 aliphatic rings. The highest BCUT2D eigenvalue weighted by atomic mass is 16.3. The second kappa shape index (κ2) is 10.8. The zero-order valence-corrected chi connectivity index (χ0v) is 15.0. The first-order chi connectivity index (χ1) is 13.2. The molecule has 0 heterocycles. The molecular formula is C21H23N3O3. The molecule has 0 bridgehead atoms. The number of rotatable bonds is 9. The van der Waals surface area contributed by atoms with Crippen LogP contribution in [-0.2, 0) is 11.3 Å². The molecule has 0 unspecified atom stereocenters. The molecule has 140 valence electrons. The summed E-state index contributed by atoms with van der Waals surface area (Å²) in [6.45, 7) is 0.127. The minimum Gasteiger partial charge on any atom is -0.395 e. The standard InChI is InChI=1S/C21H23N3O3/c22-15-19(21(27)23(11-13-25)12-14-26)17-24(20-9-5-2-6-10-20)16-18-7-3-1-4-8-18/h1-10,17,25-26H,11-14,16H2/b19-17-. The first-order valence-corrected chi connectivity index (χ1v) is 8.68. The fourth-order valence-electron chi connectivity index (χ4n) is 2.63. The van der Waals surface area contributed by atoms with Crippen LogP contribution in [0.15, 0.2) is 72.4 Å². The van der Waals surface area contributed by atoms with Gasteiger partial charge in [0.05, 0.1) is 13.2 Å². The van der Waals surface area contributed by atoms with Gasteiger partial charge in [-0.25, -0.2) is 0 Å². The zero-order chi connectivity index (χ0) is 19.5. The predicted molar refractivity (Wildman–Crippen MR) is 104 cm³/mol. The fraction of sp³-hybridized carbons (Fsp3) is 0.238. The highest BCUT2D eigenvalue weighted by Crippen LogP contribution is 2.19. The van der Waals surface area contributed by atoms with Gasteiger partial charge in [0.25, 0.3) is 5.91 Å². The van der Waals surface area contributed by atoms with Crippen LogP contribution in [0.25, 0.3) is 0 Å². The number of aliphatic hydroxyl groups excluding tert-OH is 2. The number of benzene rings is 2. The number of amides is 1. The molecule has 0 aliphatic heterocycles. The minimum absolute atomic E-state index is 0.0580. The van der Waals surface area contributed by atoms with E-state index in [0.717, 1.165) is 11.3 Å². The quantitative estimate of drug-likeness (QED) is 0.524. The Kier molecular flexibility index (Phi) is 8.04. The molecular weight excluding hydrogens is 342 g/mol. The lowest BCUT2D eigenvalue weighted by Gasteiger charge is -2.24. The van der Waals surface area contributed by atoms with Crippen molar-refractivity contribution in [2.24, 2.45) is 0 Å². The highest BCUT2D eigenvalue weighted by molar-refractivity contribution is 5.97. The Bertz CT molecular complexity index is 779. The molecule has 1 amide bonds. The summed E-state index contributed by atoms with van der Waals surface area (Å²) in [6, 6.07) is 21.2. The Morgan fingerprint density at radius 1 is 0.963 bits per heavy atom. The Balaban J connectivity index is 2.35. The minimum atomic E-state index is -0.519. The van der Waals surface area contributed by atoms with E-state index in [1.807, 2.05) is 71.6 Å². The van der Waals surface area contributed by atoms with Crippen LogP contribution in [0.3, 0.4) is 0 Å². The average Bonchev–Trinajstić information content (AvgIpc) is 2.72. The number of hydrogen-bond donors (Lipinski definition) is 2. The van der Waals surface area contributed by atoms with Crippen LogP contribution in [0.2, 0.25) is 0 Å². The summed E-state index contributed by atoms with van der Waals surface area (Å²) in [5.74, 6) is -0.519. The van der Waals surface area contributed by atoms with Crippen LogP contribution < -0.4 is 4.90 Å². The van der Waals surface area contributed by atoms with Gasteiger partial charge in [0.2, 0.25) is 0 Å². The lowest BCUT2D eigenvalue weighted by Crippen LogP contribution is -2.37. The first kappa shape index (κ1) is 20.2. The van der Waals surface area contributed by atoms with Gasteiger partial charge in [-0.05, 0) is 17.7 Å². The molecule has 0 aromatic heterocycles. The van der Waals surface area contributed by atoms with Crippen molar-refractivity contribution in [1.29, 1.82) is 5.26 Å². The fourth-order valence-corrected chi connectivity index (χ4v) is 2.63.